The van der Waals surface area contributed by atoms with E-state index >= 15 is 0 Å². The van der Waals surface area contributed by atoms with Crippen molar-refractivity contribution in [3.8, 4) is 5.88 Å². The van der Waals surface area contributed by atoms with Crippen molar-refractivity contribution in [1.29, 1.82) is 0 Å². The maximum Gasteiger partial charge on any atom is 0.574 e. The number of aromatic nitrogens is 1. The average molecular weight is 351 g/mol. The molecule has 15 heavy (non-hydrogen) atoms. The fourth-order valence-electron chi connectivity index (χ4n) is 0.750. The number of carbonyl (C=O) groups is 1. The Morgan fingerprint density at radius 2 is 2.13 bits per heavy atom. The molecule has 0 atom stereocenters. The van der Waals surface area contributed by atoms with Crippen LogP contribution in [0.2, 0.25) is 5.02 Å². The van der Waals surface area contributed by atoms with Gasteiger partial charge in [0.15, 0.2) is 6.29 Å². The van der Waals surface area contributed by atoms with Crippen molar-refractivity contribution in [2.75, 3.05) is 0 Å². The Hall–Kier alpha value is -0.570. The van der Waals surface area contributed by atoms with Gasteiger partial charge in [-0.15, -0.1) is 13.2 Å². The van der Waals surface area contributed by atoms with E-state index in [-0.39, 0.29) is 14.3 Å². The summed E-state index contributed by atoms with van der Waals surface area (Å²) in [6.45, 7) is 0. The highest BCUT2D eigenvalue weighted by atomic mass is 127. The van der Waals surface area contributed by atoms with Gasteiger partial charge in [0.05, 0.1) is 10.6 Å². The molecule has 3 nitrogen and oxygen atoms in total. The molecule has 8 heteroatoms. The molecule has 0 radical (unpaired) electrons. The van der Waals surface area contributed by atoms with Crippen LogP contribution in [0, 0.1) is 3.70 Å². The van der Waals surface area contributed by atoms with Crippen molar-refractivity contribution in [2.24, 2.45) is 0 Å². The Morgan fingerprint density at radius 1 is 1.53 bits per heavy atom. The summed E-state index contributed by atoms with van der Waals surface area (Å²) >= 11 is 7.13. The van der Waals surface area contributed by atoms with E-state index in [0.717, 1.165) is 6.07 Å². The third-order valence-corrected chi connectivity index (χ3v) is 2.41. The van der Waals surface area contributed by atoms with Gasteiger partial charge in [-0.1, -0.05) is 11.6 Å². The Labute approximate surface area is 101 Å². The zero-order chi connectivity index (χ0) is 11.6. The first-order valence-electron chi connectivity index (χ1n) is 3.40. The quantitative estimate of drug-likeness (QED) is 0.467. The SMILES string of the molecule is O=Cc1c(Cl)cc(OC(F)(F)F)nc1I. The van der Waals surface area contributed by atoms with Crippen LogP contribution >= 0.6 is 34.2 Å². The van der Waals surface area contributed by atoms with Crippen LogP contribution in [0.5, 0.6) is 5.88 Å². The minimum absolute atomic E-state index is 0.0341. The lowest BCUT2D eigenvalue weighted by atomic mass is 10.3. The van der Waals surface area contributed by atoms with E-state index in [1.54, 1.807) is 22.6 Å². The maximum atomic E-state index is 11.8. The van der Waals surface area contributed by atoms with E-state index in [9.17, 15) is 18.0 Å². The summed E-state index contributed by atoms with van der Waals surface area (Å²) in [5, 5.41) is -0.136. The summed E-state index contributed by atoms with van der Waals surface area (Å²) in [5.74, 6) is -0.692. The zero-order valence-electron chi connectivity index (χ0n) is 6.81. The molecule has 82 valence electrons. The molecule has 0 saturated carbocycles. The number of alkyl halides is 3. The largest absolute Gasteiger partial charge is 0.574 e. The summed E-state index contributed by atoms with van der Waals surface area (Å²) in [6, 6.07) is 0.834. The molecule has 0 aromatic carbocycles. The molecule has 0 spiro atoms. The Morgan fingerprint density at radius 3 is 2.53 bits per heavy atom. The normalized spacial score (nSPS) is 11.3. The lowest BCUT2D eigenvalue weighted by Crippen LogP contribution is -2.18. The molecule has 0 fully saturated rings. The molecule has 1 heterocycles. The topological polar surface area (TPSA) is 39.2 Å². The van der Waals surface area contributed by atoms with Crippen LogP contribution in [-0.2, 0) is 0 Å². The number of halogens is 5. The minimum atomic E-state index is -4.83. The molecule has 1 rings (SSSR count). The smallest absolute Gasteiger partial charge is 0.388 e. The number of aldehydes is 1. The average Bonchev–Trinajstić information content (AvgIpc) is 1.99. The van der Waals surface area contributed by atoms with Gasteiger partial charge in [0.1, 0.15) is 3.70 Å². The van der Waals surface area contributed by atoms with Crippen molar-refractivity contribution in [2.45, 2.75) is 6.36 Å². The van der Waals surface area contributed by atoms with Crippen LogP contribution in [0.3, 0.4) is 0 Å². The number of hydrogen-bond acceptors (Lipinski definition) is 3. The highest BCUT2D eigenvalue weighted by Crippen LogP contribution is 2.27. The van der Waals surface area contributed by atoms with E-state index in [0.29, 0.717) is 6.29 Å². The second-order valence-electron chi connectivity index (χ2n) is 2.31. The van der Waals surface area contributed by atoms with Crippen molar-refractivity contribution in [3.63, 3.8) is 0 Å². The van der Waals surface area contributed by atoms with Crippen molar-refractivity contribution >= 4 is 40.5 Å². The summed E-state index contributed by atoms with van der Waals surface area (Å²) in [5.41, 5.74) is 0.0341. The van der Waals surface area contributed by atoms with Crippen molar-refractivity contribution < 1.29 is 22.7 Å². The fraction of sp³-hybridized carbons (Fsp3) is 0.143. The summed E-state index contributed by atoms with van der Waals surface area (Å²) < 4.78 is 39.0. The molecule has 0 aliphatic carbocycles. The monoisotopic (exact) mass is 351 g/mol. The van der Waals surface area contributed by atoms with Gasteiger partial charge < -0.3 is 4.74 Å². The molecule has 1 aromatic heterocycles. The van der Waals surface area contributed by atoms with E-state index < -0.39 is 12.2 Å². The van der Waals surface area contributed by atoms with Gasteiger partial charge in [0.25, 0.3) is 0 Å². The molecular formula is C7H2ClF3INO2. The molecule has 0 aliphatic heterocycles. The van der Waals surface area contributed by atoms with Crippen LogP contribution < -0.4 is 4.74 Å². The van der Waals surface area contributed by atoms with Gasteiger partial charge in [-0.3, -0.25) is 4.79 Å². The van der Waals surface area contributed by atoms with E-state index in [4.69, 9.17) is 11.6 Å². The van der Waals surface area contributed by atoms with Crippen molar-refractivity contribution in [3.05, 3.63) is 20.4 Å². The molecule has 0 saturated heterocycles. The number of nitrogens with zero attached hydrogens (tertiary/aromatic N) is 1. The predicted octanol–water partition coefficient (Wildman–Crippen LogP) is 3.05. The third kappa shape index (κ3) is 3.49. The maximum absolute atomic E-state index is 11.8. The molecule has 0 bridgehead atoms. The fourth-order valence-corrected chi connectivity index (χ4v) is 1.79. The van der Waals surface area contributed by atoms with Crippen molar-refractivity contribution in [1.82, 2.24) is 4.98 Å². The number of ether oxygens (including phenoxy) is 1. The molecular weight excluding hydrogens is 349 g/mol. The van der Waals surface area contributed by atoms with E-state index in [1.807, 2.05) is 0 Å². The number of hydrogen-bond donors (Lipinski definition) is 0. The van der Waals surface area contributed by atoms with Crippen LogP contribution in [0.15, 0.2) is 6.07 Å². The second kappa shape index (κ2) is 4.52. The van der Waals surface area contributed by atoms with Gasteiger partial charge >= 0.3 is 6.36 Å². The first-order valence-corrected chi connectivity index (χ1v) is 4.86. The van der Waals surface area contributed by atoms with Gasteiger partial charge in [0.2, 0.25) is 5.88 Å². The summed E-state index contributed by atoms with van der Waals surface area (Å²) in [4.78, 5) is 13.9. The van der Waals surface area contributed by atoms with Gasteiger partial charge in [-0.25, -0.2) is 4.98 Å². The first-order chi connectivity index (χ1) is 6.83. The van der Waals surface area contributed by atoms with E-state index in [2.05, 4.69) is 9.72 Å². The van der Waals surface area contributed by atoms with E-state index in [1.165, 1.54) is 0 Å². The third-order valence-electron chi connectivity index (χ3n) is 1.28. The number of rotatable bonds is 2. The number of pyridine rings is 1. The van der Waals surface area contributed by atoms with Crippen LogP contribution in [0.4, 0.5) is 13.2 Å². The highest BCUT2D eigenvalue weighted by Gasteiger charge is 2.32. The molecule has 0 N–H and O–H groups in total. The van der Waals surface area contributed by atoms with Gasteiger partial charge in [-0.2, -0.15) is 0 Å². The lowest BCUT2D eigenvalue weighted by Gasteiger charge is -2.09. The van der Waals surface area contributed by atoms with Crippen LogP contribution in [-0.4, -0.2) is 17.6 Å². The number of carbonyl (C=O) groups excluding carboxylic acids is 1. The highest BCUT2D eigenvalue weighted by molar-refractivity contribution is 14.1. The molecule has 1 aromatic rings. The minimum Gasteiger partial charge on any atom is -0.388 e. The van der Waals surface area contributed by atoms with Crippen LogP contribution in [0.25, 0.3) is 0 Å². The molecule has 0 amide bonds. The van der Waals surface area contributed by atoms with Gasteiger partial charge in [0, 0.05) is 6.07 Å². The standard InChI is InChI=1S/C7H2ClF3INO2/c8-4-1-5(15-7(9,10)11)13-6(12)3(4)2-14/h1-2H. The Bertz CT molecular complexity index is 373. The predicted molar refractivity (Wildman–Crippen MR) is 54.0 cm³/mol. The molecule has 0 aliphatic rings. The zero-order valence-corrected chi connectivity index (χ0v) is 9.72. The molecule has 0 unspecified atom stereocenters. The Balaban J connectivity index is 3.09. The van der Waals surface area contributed by atoms with Crippen LogP contribution in [0.1, 0.15) is 10.4 Å². The second-order valence-corrected chi connectivity index (χ2v) is 3.74. The lowest BCUT2D eigenvalue weighted by molar-refractivity contribution is -0.276. The summed E-state index contributed by atoms with van der Waals surface area (Å²) in [6.07, 6.45) is -4.42. The van der Waals surface area contributed by atoms with Gasteiger partial charge in [-0.05, 0) is 22.6 Å². The summed E-state index contributed by atoms with van der Waals surface area (Å²) in [7, 11) is 0. The Kier molecular flexibility index (Phi) is 3.77. The first kappa shape index (κ1) is 12.5.